The van der Waals surface area contributed by atoms with Gasteiger partial charge in [0.05, 0.1) is 52.7 Å². The molecule has 0 spiro atoms. The number of nitrogens with one attached hydrogen (secondary N) is 3. The lowest BCUT2D eigenvalue weighted by molar-refractivity contribution is -0.900. The Morgan fingerprint density at radius 3 is 2.86 bits per heavy atom. The van der Waals surface area contributed by atoms with Crippen molar-refractivity contribution < 1.29 is 19.2 Å². The highest BCUT2D eigenvalue weighted by molar-refractivity contribution is 7.18. The van der Waals surface area contributed by atoms with Crippen molar-refractivity contribution in [1.29, 1.82) is 0 Å². The summed E-state index contributed by atoms with van der Waals surface area (Å²) in [6.45, 7) is 4.94. The molecule has 1 fully saturated rings. The number of likely N-dealkylation sites (tertiary alicyclic amines) is 1. The number of piperidine rings is 1. The fraction of sp³-hybridized carbons (Fsp3) is 0.450. The maximum Gasteiger partial charge on any atom is 0.337 e. The van der Waals surface area contributed by atoms with E-state index in [-0.39, 0.29) is 18.5 Å². The average molecular weight is 402 g/mol. The molecule has 148 valence electrons. The SMILES string of the molecule is CCOC(=O)C1=C(C[NH+]2CCC(c3nc4ccccc4s3)CC2)NC(=O)NC1. The number of amides is 2. The Morgan fingerprint density at radius 1 is 1.32 bits per heavy atom. The number of esters is 1. The molecule has 8 heteroatoms. The number of carbonyl (C=O) groups is 2. The molecular formula is C20H25N4O3S+. The molecule has 0 radical (unpaired) electrons. The van der Waals surface area contributed by atoms with E-state index in [2.05, 4.69) is 28.8 Å². The van der Waals surface area contributed by atoms with Crippen LogP contribution in [0.5, 0.6) is 0 Å². The number of hydrogen-bond acceptors (Lipinski definition) is 5. The lowest BCUT2D eigenvalue weighted by Crippen LogP contribution is -3.13. The highest BCUT2D eigenvalue weighted by Gasteiger charge is 2.30. The van der Waals surface area contributed by atoms with Crippen LogP contribution in [0.15, 0.2) is 35.5 Å². The van der Waals surface area contributed by atoms with Crippen LogP contribution in [0.2, 0.25) is 0 Å². The molecule has 2 aromatic rings. The standard InChI is InChI=1S/C20H24N4O3S/c1-2-27-19(25)14-11-21-20(26)23-16(14)12-24-9-7-13(8-10-24)18-22-15-5-3-4-6-17(15)28-18/h3-6,13H,2,7-12H2,1H3,(H2,21,23,26)/p+1. The third-order valence-electron chi connectivity index (χ3n) is 5.36. The van der Waals surface area contributed by atoms with Gasteiger partial charge in [-0.1, -0.05) is 12.1 Å². The fourth-order valence-electron chi connectivity index (χ4n) is 3.86. The number of nitrogens with zero attached hydrogens (tertiary/aromatic N) is 1. The van der Waals surface area contributed by atoms with Crippen LogP contribution in [0.1, 0.15) is 30.7 Å². The molecule has 1 saturated heterocycles. The highest BCUT2D eigenvalue weighted by Crippen LogP contribution is 2.31. The normalized spacial score (nSPS) is 22.7. The number of quaternary nitrogens is 1. The van der Waals surface area contributed by atoms with Crippen molar-refractivity contribution in [2.24, 2.45) is 0 Å². The molecule has 0 bridgehead atoms. The fourth-order valence-corrected chi connectivity index (χ4v) is 5.00. The maximum absolute atomic E-state index is 12.2. The zero-order valence-electron chi connectivity index (χ0n) is 15.9. The number of benzene rings is 1. The molecule has 0 unspecified atom stereocenters. The zero-order valence-corrected chi connectivity index (χ0v) is 16.7. The lowest BCUT2D eigenvalue weighted by atomic mass is 9.97. The third-order valence-corrected chi connectivity index (χ3v) is 6.55. The molecule has 0 aliphatic carbocycles. The first-order valence-corrected chi connectivity index (χ1v) is 10.6. The van der Waals surface area contributed by atoms with E-state index in [1.165, 1.54) is 14.6 Å². The Hall–Kier alpha value is -2.45. The minimum Gasteiger partial charge on any atom is -0.463 e. The number of hydrogen-bond donors (Lipinski definition) is 3. The molecule has 2 aliphatic heterocycles. The van der Waals surface area contributed by atoms with Crippen LogP contribution < -0.4 is 15.5 Å². The molecule has 3 N–H and O–H groups in total. The van der Waals surface area contributed by atoms with E-state index >= 15 is 0 Å². The number of fused-ring (bicyclic) bond motifs is 1. The number of urea groups is 1. The first kappa shape index (κ1) is 18.9. The number of rotatable bonds is 5. The summed E-state index contributed by atoms with van der Waals surface area (Å²) in [6, 6.07) is 8.02. The Labute approximate surface area is 167 Å². The minimum atomic E-state index is -0.353. The molecule has 0 saturated carbocycles. The quantitative estimate of drug-likeness (QED) is 0.657. The van der Waals surface area contributed by atoms with Gasteiger partial charge in [-0.05, 0) is 19.1 Å². The second-order valence-electron chi connectivity index (χ2n) is 7.21. The second kappa shape index (κ2) is 8.28. The van der Waals surface area contributed by atoms with Crippen LogP contribution in [0.3, 0.4) is 0 Å². The van der Waals surface area contributed by atoms with Crippen LogP contribution in [0, 0.1) is 0 Å². The van der Waals surface area contributed by atoms with E-state index < -0.39 is 0 Å². The molecule has 1 aromatic heterocycles. The predicted octanol–water partition coefficient (Wildman–Crippen LogP) is 1.19. The molecule has 2 aliphatic rings. The predicted molar refractivity (Wildman–Crippen MR) is 107 cm³/mol. The Bertz CT molecular complexity index is 882. The van der Waals surface area contributed by atoms with E-state index in [9.17, 15) is 9.59 Å². The summed E-state index contributed by atoms with van der Waals surface area (Å²) < 4.78 is 6.38. The van der Waals surface area contributed by atoms with Crippen molar-refractivity contribution in [1.82, 2.24) is 15.6 Å². The highest BCUT2D eigenvalue weighted by atomic mass is 32.1. The van der Waals surface area contributed by atoms with Gasteiger partial charge >= 0.3 is 12.0 Å². The van der Waals surface area contributed by atoms with Crippen molar-refractivity contribution in [2.75, 3.05) is 32.8 Å². The largest absolute Gasteiger partial charge is 0.463 e. The topological polar surface area (TPSA) is 84.8 Å². The first-order valence-electron chi connectivity index (χ1n) is 9.77. The summed E-state index contributed by atoms with van der Waals surface area (Å²) in [5.41, 5.74) is 2.30. The van der Waals surface area contributed by atoms with Gasteiger partial charge < -0.3 is 20.3 Å². The smallest absolute Gasteiger partial charge is 0.337 e. The number of carbonyl (C=O) groups excluding carboxylic acids is 2. The van der Waals surface area contributed by atoms with Crippen molar-refractivity contribution in [3.8, 4) is 0 Å². The number of aromatic nitrogens is 1. The maximum atomic E-state index is 12.2. The molecule has 7 nitrogen and oxygen atoms in total. The van der Waals surface area contributed by atoms with Crippen LogP contribution in [0.25, 0.3) is 10.2 Å². The molecule has 4 rings (SSSR count). The molecule has 3 heterocycles. The van der Waals surface area contributed by atoms with E-state index in [0.717, 1.165) is 31.4 Å². The van der Waals surface area contributed by atoms with Gasteiger partial charge in [0.1, 0.15) is 6.54 Å². The third kappa shape index (κ3) is 4.02. The Morgan fingerprint density at radius 2 is 2.11 bits per heavy atom. The van der Waals surface area contributed by atoms with E-state index in [4.69, 9.17) is 9.72 Å². The summed E-state index contributed by atoms with van der Waals surface area (Å²) in [6.07, 6.45) is 2.12. The number of para-hydroxylation sites is 1. The molecular weight excluding hydrogens is 376 g/mol. The lowest BCUT2D eigenvalue weighted by Gasteiger charge is -2.30. The van der Waals surface area contributed by atoms with Gasteiger partial charge in [0.15, 0.2) is 0 Å². The number of thiazole rings is 1. The van der Waals surface area contributed by atoms with Crippen LogP contribution in [0.4, 0.5) is 4.79 Å². The minimum absolute atomic E-state index is 0.224. The number of ether oxygens (including phenoxy) is 1. The van der Waals surface area contributed by atoms with Crippen LogP contribution in [-0.4, -0.2) is 49.8 Å². The summed E-state index contributed by atoms with van der Waals surface area (Å²) >= 11 is 1.79. The first-order chi connectivity index (χ1) is 13.6. The van der Waals surface area contributed by atoms with Crippen molar-refractivity contribution in [3.05, 3.63) is 40.5 Å². The monoisotopic (exact) mass is 401 g/mol. The average Bonchev–Trinajstić information content (AvgIpc) is 3.13. The van der Waals surface area contributed by atoms with Crippen LogP contribution in [-0.2, 0) is 9.53 Å². The van der Waals surface area contributed by atoms with E-state index in [1.54, 1.807) is 18.3 Å². The van der Waals surface area contributed by atoms with Gasteiger partial charge in [-0.25, -0.2) is 14.6 Å². The molecule has 2 amide bonds. The van der Waals surface area contributed by atoms with Gasteiger partial charge in [-0.15, -0.1) is 11.3 Å². The van der Waals surface area contributed by atoms with Gasteiger partial charge in [-0.3, -0.25) is 0 Å². The van der Waals surface area contributed by atoms with Gasteiger partial charge in [-0.2, -0.15) is 0 Å². The summed E-state index contributed by atoms with van der Waals surface area (Å²) in [4.78, 5) is 30.1. The van der Waals surface area contributed by atoms with Gasteiger partial charge in [0, 0.05) is 18.8 Å². The Balaban J connectivity index is 1.41. The van der Waals surface area contributed by atoms with E-state index in [0.29, 0.717) is 30.3 Å². The van der Waals surface area contributed by atoms with Crippen molar-refractivity contribution in [2.45, 2.75) is 25.7 Å². The molecule has 0 atom stereocenters. The zero-order chi connectivity index (χ0) is 19.5. The van der Waals surface area contributed by atoms with Gasteiger partial charge in [0.25, 0.3) is 0 Å². The van der Waals surface area contributed by atoms with Crippen LogP contribution >= 0.6 is 11.3 Å². The van der Waals surface area contributed by atoms with E-state index in [1.807, 2.05) is 6.07 Å². The second-order valence-corrected chi connectivity index (χ2v) is 8.27. The Kier molecular flexibility index (Phi) is 5.59. The molecule has 1 aromatic carbocycles. The van der Waals surface area contributed by atoms with Crippen molar-refractivity contribution in [3.63, 3.8) is 0 Å². The summed E-state index contributed by atoms with van der Waals surface area (Å²) in [5.74, 6) is 0.135. The summed E-state index contributed by atoms with van der Waals surface area (Å²) in [5, 5.41) is 6.69. The van der Waals surface area contributed by atoms with Gasteiger partial charge in [0.2, 0.25) is 0 Å². The van der Waals surface area contributed by atoms with Crippen molar-refractivity contribution >= 4 is 33.6 Å². The molecule has 28 heavy (non-hydrogen) atoms. The summed E-state index contributed by atoms with van der Waals surface area (Å²) in [7, 11) is 0.